The Morgan fingerprint density at radius 3 is 2.24 bits per heavy atom. The molecule has 0 heterocycles. The molecule has 0 spiro atoms. The molecular formula is C12H28N2O2S. The summed E-state index contributed by atoms with van der Waals surface area (Å²) in [5, 5.41) is 0. The quantitative estimate of drug-likeness (QED) is 0.678. The van der Waals surface area contributed by atoms with Crippen LogP contribution in [-0.2, 0) is 9.84 Å². The third kappa shape index (κ3) is 10.7. The van der Waals surface area contributed by atoms with Crippen molar-refractivity contribution in [3.63, 3.8) is 0 Å². The Morgan fingerprint density at radius 1 is 1.18 bits per heavy atom. The van der Waals surface area contributed by atoms with Crippen LogP contribution in [0.4, 0.5) is 0 Å². The Balaban J connectivity index is 3.75. The minimum atomic E-state index is -2.84. The van der Waals surface area contributed by atoms with Gasteiger partial charge in [-0.2, -0.15) is 0 Å². The summed E-state index contributed by atoms with van der Waals surface area (Å²) in [4.78, 5) is 2.08. The summed E-state index contributed by atoms with van der Waals surface area (Å²) in [5.74, 6) is 0.246. The molecule has 0 fully saturated rings. The Hall–Kier alpha value is -0.130. The predicted molar refractivity (Wildman–Crippen MR) is 73.9 cm³/mol. The summed E-state index contributed by atoms with van der Waals surface area (Å²) < 4.78 is 22.0. The lowest BCUT2D eigenvalue weighted by Crippen LogP contribution is -2.27. The van der Waals surface area contributed by atoms with E-state index in [9.17, 15) is 8.42 Å². The van der Waals surface area contributed by atoms with Crippen LogP contribution in [0.2, 0.25) is 0 Å². The minimum absolute atomic E-state index is 0.246. The highest BCUT2D eigenvalue weighted by Gasteiger charge is 2.16. The molecule has 0 aromatic heterocycles. The Morgan fingerprint density at radius 2 is 1.76 bits per heavy atom. The van der Waals surface area contributed by atoms with Crippen LogP contribution in [-0.4, -0.2) is 52.0 Å². The van der Waals surface area contributed by atoms with Crippen LogP contribution in [0.15, 0.2) is 0 Å². The highest BCUT2D eigenvalue weighted by atomic mass is 32.2. The molecule has 0 atom stereocenters. The van der Waals surface area contributed by atoms with Crippen molar-refractivity contribution in [3.8, 4) is 0 Å². The number of rotatable bonds is 9. The smallest absolute Gasteiger partial charge is 0.148 e. The molecule has 17 heavy (non-hydrogen) atoms. The van der Waals surface area contributed by atoms with Gasteiger partial charge in [0.05, 0.1) is 5.75 Å². The topological polar surface area (TPSA) is 63.4 Å². The predicted octanol–water partition coefficient (Wildman–Crippen LogP) is 1.12. The second-order valence-electron chi connectivity index (χ2n) is 5.74. The van der Waals surface area contributed by atoms with E-state index in [1.54, 1.807) is 0 Å². The molecule has 0 radical (unpaired) electrons. The Kier molecular flexibility index (Phi) is 7.28. The van der Waals surface area contributed by atoms with Gasteiger partial charge >= 0.3 is 0 Å². The third-order valence-electron chi connectivity index (χ3n) is 3.06. The van der Waals surface area contributed by atoms with Gasteiger partial charge in [0, 0.05) is 12.8 Å². The molecule has 0 aromatic carbocycles. The van der Waals surface area contributed by atoms with E-state index >= 15 is 0 Å². The van der Waals surface area contributed by atoms with E-state index in [2.05, 4.69) is 18.7 Å². The van der Waals surface area contributed by atoms with Gasteiger partial charge in [0.25, 0.3) is 0 Å². The van der Waals surface area contributed by atoms with E-state index in [-0.39, 0.29) is 5.75 Å². The maximum Gasteiger partial charge on any atom is 0.148 e. The van der Waals surface area contributed by atoms with Gasteiger partial charge in [-0.1, -0.05) is 13.8 Å². The van der Waals surface area contributed by atoms with Crippen molar-refractivity contribution in [1.29, 1.82) is 0 Å². The molecule has 0 amide bonds. The fraction of sp³-hybridized carbons (Fsp3) is 1.00. The fourth-order valence-corrected chi connectivity index (χ4v) is 2.42. The van der Waals surface area contributed by atoms with E-state index < -0.39 is 9.84 Å². The number of hydrogen-bond acceptors (Lipinski definition) is 4. The summed E-state index contributed by atoms with van der Waals surface area (Å²) in [6.45, 7) is 6.77. The van der Waals surface area contributed by atoms with E-state index in [0.29, 0.717) is 12.0 Å². The fourth-order valence-electron chi connectivity index (χ4n) is 1.78. The zero-order chi connectivity index (χ0) is 13.5. The number of nitrogens with two attached hydrogens (primary N) is 1. The molecule has 2 N–H and O–H groups in total. The molecule has 5 heteroatoms. The molecule has 0 aliphatic heterocycles. The van der Waals surface area contributed by atoms with Gasteiger partial charge in [0.2, 0.25) is 0 Å². The first kappa shape index (κ1) is 16.9. The molecule has 0 rings (SSSR count). The molecule has 0 saturated heterocycles. The standard InChI is InChI=1S/C12H28N2O2S/c1-12(2,7-8-13)6-5-9-14(3)10-11-17(4,15)16/h5-11,13H2,1-4H3. The van der Waals surface area contributed by atoms with Crippen molar-refractivity contribution >= 4 is 9.84 Å². The van der Waals surface area contributed by atoms with E-state index in [1.165, 1.54) is 6.26 Å². The molecule has 0 aromatic rings. The molecule has 0 bridgehead atoms. The largest absolute Gasteiger partial charge is 0.330 e. The van der Waals surface area contributed by atoms with E-state index in [0.717, 1.165) is 32.4 Å². The van der Waals surface area contributed by atoms with Crippen LogP contribution < -0.4 is 5.73 Å². The first-order chi connectivity index (χ1) is 7.66. The monoisotopic (exact) mass is 264 g/mol. The van der Waals surface area contributed by atoms with Gasteiger partial charge < -0.3 is 10.6 Å². The van der Waals surface area contributed by atoms with Crippen molar-refractivity contribution in [3.05, 3.63) is 0 Å². The molecule has 0 saturated carbocycles. The SMILES string of the molecule is CN(CCCC(C)(C)CCN)CCS(C)(=O)=O. The molecule has 4 nitrogen and oxygen atoms in total. The highest BCUT2D eigenvalue weighted by Crippen LogP contribution is 2.25. The summed E-state index contributed by atoms with van der Waals surface area (Å²) in [6.07, 6.45) is 4.55. The molecule has 104 valence electrons. The normalized spacial score (nSPS) is 13.3. The van der Waals surface area contributed by atoms with Crippen molar-refractivity contribution in [2.45, 2.75) is 33.1 Å². The molecule has 0 aliphatic rings. The van der Waals surface area contributed by atoms with Crippen LogP contribution in [0.25, 0.3) is 0 Å². The zero-order valence-corrected chi connectivity index (χ0v) is 12.5. The van der Waals surface area contributed by atoms with Gasteiger partial charge in [-0.25, -0.2) is 8.42 Å². The van der Waals surface area contributed by atoms with Crippen molar-refractivity contribution in [1.82, 2.24) is 4.90 Å². The average Bonchev–Trinajstić information content (AvgIpc) is 2.13. The van der Waals surface area contributed by atoms with Crippen molar-refractivity contribution in [2.24, 2.45) is 11.1 Å². The van der Waals surface area contributed by atoms with Crippen LogP contribution >= 0.6 is 0 Å². The third-order valence-corrected chi connectivity index (χ3v) is 3.98. The highest BCUT2D eigenvalue weighted by molar-refractivity contribution is 7.90. The second-order valence-corrected chi connectivity index (χ2v) is 8.00. The first-order valence-electron chi connectivity index (χ1n) is 6.23. The first-order valence-corrected chi connectivity index (χ1v) is 8.29. The summed E-state index contributed by atoms with van der Waals surface area (Å²) in [7, 11) is -0.866. The number of nitrogens with zero attached hydrogens (tertiary/aromatic N) is 1. The van der Waals surface area contributed by atoms with E-state index in [4.69, 9.17) is 5.73 Å². The van der Waals surface area contributed by atoms with Gasteiger partial charge in [0.15, 0.2) is 0 Å². The molecule has 0 unspecified atom stereocenters. The minimum Gasteiger partial charge on any atom is -0.330 e. The van der Waals surface area contributed by atoms with Gasteiger partial charge in [-0.15, -0.1) is 0 Å². The lowest BCUT2D eigenvalue weighted by molar-refractivity contribution is 0.268. The summed E-state index contributed by atoms with van der Waals surface area (Å²) in [6, 6.07) is 0. The maximum absolute atomic E-state index is 11.0. The van der Waals surface area contributed by atoms with Gasteiger partial charge in [0.1, 0.15) is 9.84 Å². The maximum atomic E-state index is 11.0. The lowest BCUT2D eigenvalue weighted by atomic mass is 9.84. The van der Waals surface area contributed by atoms with Gasteiger partial charge in [-0.3, -0.25) is 0 Å². The molecule has 0 aliphatic carbocycles. The van der Waals surface area contributed by atoms with Crippen LogP contribution in [0.5, 0.6) is 0 Å². The zero-order valence-electron chi connectivity index (χ0n) is 11.7. The van der Waals surface area contributed by atoms with Crippen LogP contribution in [0.1, 0.15) is 33.1 Å². The number of sulfone groups is 1. The molecular weight excluding hydrogens is 236 g/mol. The second kappa shape index (κ2) is 7.34. The van der Waals surface area contributed by atoms with Gasteiger partial charge in [-0.05, 0) is 44.8 Å². The van der Waals surface area contributed by atoms with Crippen LogP contribution in [0.3, 0.4) is 0 Å². The average molecular weight is 264 g/mol. The van der Waals surface area contributed by atoms with E-state index in [1.807, 2.05) is 7.05 Å². The lowest BCUT2D eigenvalue weighted by Gasteiger charge is -2.25. The summed E-state index contributed by atoms with van der Waals surface area (Å²) >= 11 is 0. The Labute approximate surface area is 106 Å². The number of hydrogen-bond donors (Lipinski definition) is 1. The van der Waals surface area contributed by atoms with Crippen molar-refractivity contribution in [2.75, 3.05) is 38.7 Å². The Bertz CT molecular complexity index is 300. The van der Waals surface area contributed by atoms with Crippen LogP contribution in [0, 0.1) is 5.41 Å². The summed E-state index contributed by atoms with van der Waals surface area (Å²) in [5.41, 5.74) is 5.86. The van der Waals surface area contributed by atoms with Crippen molar-refractivity contribution < 1.29 is 8.42 Å².